The van der Waals surface area contributed by atoms with Crippen molar-refractivity contribution in [2.75, 3.05) is 0 Å². The highest BCUT2D eigenvalue weighted by Gasteiger charge is 2.03. The molecule has 0 rings (SSSR count). The van der Waals surface area contributed by atoms with Gasteiger partial charge in [0.25, 0.3) is 0 Å². The summed E-state index contributed by atoms with van der Waals surface area (Å²) in [6.07, 6.45) is 2.54. The molecule has 0 aliphatic heterocycles. The predicted molar refractivity (Wildman–Crippen MR) is 36.7 cm³/mol. The second-order valence-electron chi connectivity index (χ2n) is 2.11. The lowest BCUT2D eigenvalue weighted by atomic mass is 10.1. The van der Waals surface area contributed by atoms with Gasteiger partial charge in [-0.3, -0.25) is 9.59 Å². The smallest absolute Gasteiger partial charge is 0.217 e. The topological polar surface area (TPSA) is 86.2 Å². The fourth-order valence-corrected chi connectivity index (χ4v) is 0.537. The van der Waals surface area contributed by atoms with Gasteiger partial charge in [0.1, 0.15) is 0 Å². The first kappa shape index (κ1) is 9.10. The Bertz CT molecular complexity index is 125. The minimum Gasteiger partial charge on any atom is -0.370 e. The van der Waals surface area contributed by atoms with Crippen molar-refractivity contribution in [1.82, 2.24) is 0 Å². The van der Waals surface area contributed by atoms with Gasteiger partial charge in [-0.05, 0) is 6.42 Å². The van der Waals surface area contributed by atoms with E-state index in [4.69, 9.17) is 11.5 Å². The molecule has 0 aromatic heterocycles. The summed E-state index contributed by atoms with van der Waals surface area (Å²) in [5.74, 6) is -0.388. The highest BCUT2D eigenvalue weighted by Crippen LogP contribution is 1.95. The average Bonchev–Trinajstić information content (AvgIpc) is 1.85. The van der Waals surface area contributed by atoms with E-state index < -0.39 is 0 Å². The van der Waals surface area contributed by atoms with E-state index in [1.165, 1.54) is 0 Å². The second kappa shape index (κ2) is 4.93. The third-order valence-corrected chi connectivity index (χ3v) is 1.11. The Labute approximate surface area is 59.6 Å². The van der Waals surface area contributed by atoms with Gasteiger partial charge in [-0.15, -0.1) is 0 Å². The monoisotopic (exact) mass is 143 g/mol. The third kappa shape index (κ3) is 5.24. The Hall–Kier alpha value is -0.900. The SMILES string of the molecule is NC(=O)CC[C@@H](N)C[C]=O. The van der Waals surface area contributed by atoms with E-state index in [9.17, 15) is 9.59 Å². The summed E-state index contributed by atoms with van der Waals surface area (Å²) >= 11 is 0. The van der Waals surface area contributed by atoms with Crippen LogP contribution in [0.4, 0.5) is 0 Å². The molecule has 0 aliphatic carbocycles. The highest BCUT2D eigenvalue weighted by molar-refractivity contribution is 5.73. The number of carbonyl (C=O) groups is 1. The van der Waals surface area contributed by atoms with Crippen molar-refractivity contribution in [3.05, 3.63) is 0 Å². The zero-order valence-corrected chi connectivity index (χ0v) is 5.67. The number of primary amides is 1. The summed E-state index contributed by atoms with van der Waals surface area (Å²) in [5, 5.41) is 0. The largest absolute Gasteiger partial charge is 0.370 e. The molecule has 1 amide bonds. The summed E-state index contributed by atoms with van der Waals surface area (Å²) < 4.78 is 0. The van der Waals surface area contributed by atoms with Crippen molar-refractivity contribution in [1.29, 1.82) is 0 Å². The molecule has 0 heterocycles. The van der Waals surface area contributed by atoms with Gasteiger partial charge in [-0.1, -0.05) is 0 Å². The molecule has 10 heavy (non-hydrogen) atoms. The summed E-state index contributed by atoms with van der Waals surface area (Å²) in [6.45, 7) is 0. The molecule has 4 heteroatoms. The molecule has 1 radical (unpaired) electrons. The van der Waals surface area contributed by atoms with Gasteiger partial charge >= 0.3 is 0 Å². The molecule has 0 spiro atoms. The van der Waals surface area contributed by atoms with E-state index in [0.29, 0.717) is 6.42 Å². The van der Waals surface area contributed by atoms with Crippen molar-refractivity contribution >= 4 is 12.2 Å². The molecule has 0 aliphatic rings. The number of rotatable bonds is 5. The fraction of sp³-hybridized carbons (Fsp3) is 0.667. The predicted octanol–water partition coefficient (Wildman–Crippen LogP) is -0.921. The van der Waals surface area contributed by atoms with E-state index in [1.54, 1.807) is 6.29 Å². The van der Waals surface area contributed by atoms with Crippen LogP contribution in [0.25, 0.3) is 0 Å². The lowest BCUT2D eigenvalue weighted by Crippen LogP contribution is -2.23. The Balaban J connectivity index is 3.29. The van der Waals surface area contributed by atoms with Crippen LogP contribution in [-0.2, 0) is 9.59 Å². The quantitative estimate of drug-likeness (QED) is 0.521. The number of nitrogens with two attached hydrogens (primary N) is 2. The molecule has 0 fully saturated rings. The van der Waals surface area contributed by atoms with E-state index >= 15 is 0 Å². The van der Waals surface area contributed by atoms with Crippen LogP contribution in [0, 0.1) is 0 Å². The first-order valence-corrected chi connectivity index (χ1v) is 3.05. The van der Waals surface area contributed by atoms with E-state index in [2.05, 4.69) is 0 Å². The van der Waals surface area contributed by atoms with E-state index in [0.717, 1.165) is 0 Å². The lowest BCUT2D eigenvalue weighted by Gasteiger charge is -2.03. The van der Waals surface area contributed by atoms with Gasteiger partial charge in [0.05, 0.1) is 0 Å². The molecule has 0 saturated carbocycles. The Morgan fingerprint density at radius 1 is 1.60 bits per heavy atom. The minimum atomic E-state index is -0.388. The molecule has 0 unspecified atom stereocenters. The van der Waals surface area contributed by atoms with Crippen LogP contribution in [-0.4, -0.2) is 18.2 Å². The normalized spacial score (nSPS) is 12.5. The summed E-state index contributed by atoms with van der Waals surface area (Å²) in [5.41, 5.74) is 10.2. The standard InChI is InChI=1S/C6H11N2O2/c7-5(3-4-9)1-2-6(8)10/h5H,1-3,7H2,(H2,8,10)/t5-/m1/s1. The summed E-state index contributed by atoms with van der Waals surface area (Å²) in [6, 6.07) is -0.273. The Kier molecular flexibility index (Phi) is 4.49. The van der Waals surface area contributed by atoms with Crippen LogP contribution >= 0.6 is 0 Å². The Morgan fingerprint density at radius 3 is 2.60 bits per heavy atom. The summed E-state index contributed by atoms with van der Waals surface area (Å²) in [4.78, 5) is 19.9. The molecular formula is C6H11N2O2. The van der Waals surface area contributed by atoms with Gasteiger partial charge in [0.2, 0.25) is 5.91 Å². The first-order valence-electron chi connectivity index (χ1n) is 3.05. The van der Waals surface area contributed by atoms with E-state index in [1.807, 2.05) is 0 Å². The molecule has 0 aromatic rings. The van der Waals surface area contributed by atoms with Crippen LogP contribution in [0.1, 0.15) is 19.3 Å². The lowest BCUT2D eigenvalue weighted by molar-refractivity contribution is -0.118. The van der Waals surface area contributed by atoms with Crippen LogP contribution in [0.15, 0.2) is 0 Å². The molecular weight excluding hydrogens is 132 g/mol. The second-order valence-corrected chi connectivity index (χ2v) is 2.11. The van der Waals surface area contributed by atoms with Crippen molar-refractivity contribution in [2.24, 2.45) is 11.5 Å². The molecule has 0 bridgehead atoms. The molecule has 4 N–H and O–H groups in total. The minimum absolute atomic E-state index is 0.174. The average molecular weight is 143 g/mol. The number of amides is 1. The maximum atomic E-state index is 10.2. The Morgan fingerprint density at radius 2 is 2.20 bits per heavy atom. The van der Waals surface area contributed by atoms with Gasteiger partial charge < -0.3 is 11.5 Å². The van der Waals surface area contributed by atoms with Gasteiger partial charge in [0.15, 0.2) is 6.29 Å². The number of hydrogen-bond donors (Lipinski definition) is 2. The van der Waals surface area contributed by atoms with Gasteiger partial charge in [0, 0.05) is 18.9 Å². The maximum absolute atomic E-state index is 10.2. The van der Waals surface area contributed by atoms with Crippen molar-refractivity contribution in [2.45, 2.75) is 25.3 Å². The molecule has 0 aromatic carbocycles. The van der Waals surface area contributed by atoms with Crippen LogP contribution in [0.2, 0.25) is 0 Å². The van der Waals surface area contributed by atoms with Crippen molar-refractivity contribution in [3.8, 4) is 0 Å². The van der Waals surface area contributed by atoms with Crippen molar-refractivity contribution in [3.63, 3.8) is 0 Å². The van der Waals surface area contributed by atoms with Gasteiger partial charge in [-0.25, -0.2) is 0 Å². The molecule has 4 nitrogen and oxygen atoms in total. The van der Waals surface area contributed by atoms with Crippen LogP contribution in [0.5, 0.6) is 0 Å². The van der Waals surface area contributed by atoms with Crippen LogP contribution < -0.4 is 11.5 Å². The highest BCUT2D eigenvalue weighted by atomic mass is 16.1. The summed E-state index contributed by atoms with van der Waals surface area (Å²) in [7, 11) is 0. The van der Waals surface area contributed by atoms with Crippen molar-refractivity contribution < 1.29 is 9.59 Å². The zero-order chi connectivity index (χ0) is 7.98. The number of carbonyl (C=O) groups excluding carboxylic acids is 2. The molecule has 0 saturated heterocycles. The zero-order valence-electron chi connectivity index (χ0n) is 5.67. The first-order chi connectivity index (χ1) is 4.66. The fourth-order valence-electron chi connectivity index (χ4n) is 0.537. The van der Waals surface area contributed by atoms with Crippen LogP contribution in [0.3, 0.4) is 0 Å². The number of hydrogen-bond acceptors (Lipinski definition) is 3. The maximum Gasteiger partial charge on any atom is 0.217 e. The van der Waals surface area contributed by atoms with E-state index in [-0.39, 0.29) is 24.8 Å². The van der Waals surface area contributed by atoms with Gasteiger partial charge in [-0.2, -0.15) is 0 Å². The molecule has 1 atom stereocenters. The third-order valence-electron chi connectivity index (χ3n) is 1.11. The molecule has 57 valence electrons.